The maximum atomic E-state index is 14.1. The highest BCUT2D eigenvalue weighted by Gasteiger charge is 2.63. The fourth-order valence-corrected chi connectivity index (χ4v) is 8.35. The van der Waals surface area contributed by atoms with Crippen LogP contribution in [0.25, 0.3) is 0 Å². The summed E-state index contributed by atoms with van der Waals surface area (Å²) in [5.41, 5.74) is 1.22. The molecule has 1 fully saturated rings. The van der Waals surface area contributed by atoms with E-state index in [4.69, 9.17) is 27.9 Å². The zero-order chi connectivity index (χ0) is 27.3. The van der Waals surface area contributed by atoms with Crippen LogP contribution in [-0.2, 0) is 32.4 Å². The first-order chi connectivity index (χ1) is 18.0. The van der Waals surface area contributed by atoms with E-state index in [1.54, 1.807) is 36.4 Å². The number of nitrogens with zero attached hydrogens (tertiary/aromatic N) is 2. The molecule has 1 saturated heterocycles. The number of fused-ring (bicyclic) bond motifs is 3. The summed E-state index contributed by atoms with van der Waals surface area (Å²) in [5.74, 6) is -1.85. The molecule has 2 aromatic carbocycles. The molecule has 1 aliphatic carbocycles. The van der Waals surface area contributed by atoms with Crippen LogP contribution in [0, 0.1) is 0 Å². The third-order valence-electron chi connectivity index (χ3n) is 7.16. The maximum Gasteiger partial charge on any atom is 0.471 e. The normalized spacial score (nSPS) is 21.1. The lowest BCUT2D eigenvalue weighted by Gasteiger charge is -2.42. The molecule has 1 aliphatic heterocycles. The van der Waals surface area contributed by atoms with Gasteiger partial charge in [-0.15, -0.1) is 0 Å². The van der Waals surface area contributed by atoms with Crippen LogP contribution in [0.5, 0.6) is 5.88 Å². The number of hydrogen-bond donors (Lipinski definition) is 0. The third kappa shape index (κ3) is 4.32. The Morgan fingerprint density at radius 1 is 1.05 bits per heavy atom. The van der Waals surface area contributed by atoms with Gasteiger partial charge in [-0.3, -0.25) is 4.79 Å². The Morgan fingerprint density at radius 3 is 2.39 bits per heavy atom. The predicted molar refractivity (Wildman–Crippen MR) is 135 cm³/mol. The van der Waals surface area contributed by atoms with Crippen molar-refractivity contribution in [2.24, 2.45) is 0 Å². The summed E-state index contributed by atoms with van der Waals surface area (Å²) >= 11 is 12.4. The monoisotopic (exact) mass is 584 g/mol. The molecule has 2 heterocycles. The number of ether oxygens (including phenoxy) is 1. The molecule has 0 radical (unpaired) electrons. The number of aromatic nitrogens is 1. The summed E-state index contributed by atoms with van der Waals surface area (Å²) in [7, 11) is -4.24. The smallest absolute Gasteiger partial charge is 0.471 e. The van der Waals surface area contributed by atoms with Gasteiger partial charge < -0.3 is 9.64 Å². The third-order valence-corrected chi connectivity index (χ3v) is 10.4. The highest BCUT2D eigenvalue weighted by Crippen LogP contribution is 2.53. The fourth-order valence-electron chi connectivity index (χ4n) is 5.47. The number of likely N-dealkylation sites (tertiary alicyclic amines) is 1. The molecular weight excluding hydrogens is 564 g/mol. The molecule has 2 atom stereocenters. The first-order valence-corrected chi connectivity index (χ1v) is 13.9. The van der Waals surface area contributed by atoms with E-state index in [1.807, 2.05) is 0 Å². The van der Waals surface area contributed by atoms with Gasteiger partial charge in [0, 0.05) is 33.9 Å². The Morgan fingerprint density at radius 2 is 1.74 bits per heavy atom. The Labute approximate surface area is 227 Å². The zero-order valence-corrected chi connectivity index (χ0v) is 22.0. The Kier molecular flexibility index (Phi) is 6.86. The minimum atomic E-state index is -5.12. The van der Waals surface area contributed by atoms with Gasteiger partial charge in [-0.05, 0) is 49.1 Å². The van der Waals surface area contributed by atoms with Crippen molar-refractivity contribution in [1.82, 2.24) is 9.88 Å². The molecule has 3 aromatic rings. The van der Waals surface area contributed by atoms with Gasteiger partial charge in [-0.1, -0.05) is 53.5 Å². The number of hydrogen-bond acceptors (Lipinski definition) is 5. The molecule has 0 saturated carbocycles. The van der Waals surface area contributed by atoms with E-state index in [-0.39, 0.29) is 48.8 Å². The van der Waals surface area contributed by atoms with Crippen molar-refractivity contribution in [1.29, 1.82) is 0 Å². The van der Waals surface area contributed by atoms with Crippen molar-refractivity contribution in [2.45, 2.75) is 47.7 Å². The van der Waals surface area contributed by atoms with Gasteiger partial charge in [0.2, 0.25) is 5.88 Å². The molecule has 12 heteroatoms. The summed E-state index contributed by atoms with van der Waals surface area (Å²) in [5, 5.41) is 0.818. The summed E-state index contributed by atoms with van der Waals surface area (Å²) in [6.07, 6.45) is -5.16. The van der Waals surface area contributed by atoms with Crippen LogP contribution in [0.1, 0.15) is 29.7 Å². The topological polar surface area (TPSA) is 76.6 Å². The SMILES string of the molecule is O=C(N1CCC2(S(=O)(=O)c3ccccc3)c3ccc(OCc4c(Cl)cccc4Cl)nc3CCC12)C(F)(F)F. The van der Waals surface area contributed by atoms with Crippen molar-refractivity contribution < 1.29 is 31.1 Å². The molecule has 200 valence electrons. The molecule has 38 heavy (non-hydrogen) atoms. The second-order valence-electron chi connectivity index (χ2n) is 9.14. The lowest BCUT2D eigenvalue weighted by Crippen LogP contribution is -2.54. The second kappa shape index (κ2) is 9.73. The summed E-state index contributed by atoms with van der Waals surface area (Å²) in [4.78, 5) is 17.5. The zero-order valence-electron chi connectivity index (χ0n) is 19.7. The highest BCUT2D eigenvalue weighted by molar-refractivity contribution is 7.92. The summed E-state index contributed by atoms with van der Waals surface area (Å²) < 4.78 is 72.6. The van der Waals surface area contributed by atoms with E-state index in [0.29, 0.717) is 26.2 Å². The Bertz CT molecular complexity index is 1480. The molecule has 0 spiro atoms. The second-order valence-corrected chi connectivity index (χ2v) is 12.2. The number of sulfone groups is 1. The number of benzene rings is 2. The van der Waals surface area contributed by atoms with Crippen LogP contribution in [0.15, 0.2) is 65.6 Å². The van der Waals surface area contributed by atoms with Crippen molar-refractivity contribution >= 4 is 38.9 Å². The van der Waals surface area contributed by atoms with Crippen LogP contribution in [0.3, 0.4) is 0 Å². The van der Waals surface area contributed by atoms with Gasteiger partial charge in [-0.2, -0.15) is 13.2 Å². The fraction of sp³-hybridized carbons (Fsp3) is 0.308. The lowest BCUT2D eigenvalue weighted by molar-refractivity contribution is -0.186. The number of halogens is 5. The number of carbonyl (C=O) groups is 1. The lowest BCUT2D eigenvalue weighted by atomic mass is 9.81. The van der Waals surface area contributed by atoms with E-state index >= 15 is 0 Å². The maximum absolute atomic E-state index is 14.1. The van der Waals surface area contributed by atoms with Crippen LogP contribution in [0.2, 0.25) is 10.0 Å². The standard InChI is InChI=1S/C26H21Cl2F3N2O4S/c27-19-7-4-8-20(28)17(19)15-37-23-12-9-18-21(32-23)10-11-22-25(18,13-14-33(22)24(34)26(29,30)31)38(35,36)16-5-2-1-3-6-16/h1-9,12,22H,10-11,13-15H2. The molecular formula is C26H21Cl2F3N2O4S. The highest BCUT2D eigenvalue weighted by atomic mass is 35.5. The minimum absolute atomic E-state index is 0.00627. The van der Waals surface area contributed by atoms with Crippen LogP contribution < -0.4 is 4.74 Å². The number of rotatable bonds is 5. The summed E-state index contributed by atoms with van der Waals surface area (Å²) in [6, 6.07) is 14.4. The van der Waals surface area contributed by atoms with Gasteiger partial charge >= 0.3 is 12.1 Å². The van der Waals surface area contributed by atoms with E-state index in [2.05, 4.69) is 4.98 Å². The molecule has 1 aromatic heterocycles. The first kappa shape index (κ1) is 26.8. The van der Waals surface area contributed by atoms with Gasteiger partial charge in [0.05, 0.1) is 10.9 Å². The molecule has 5 rings (SSSR count). The molecule has 1 amide bonds. The van der Waals surface area contributed by atoms with Crippen molar-refractivity contribution in [3.8, 4) is 5.88 Å². The minimum Gasteiger partial charge on any atom is -0.473 e. The number of pyridine rings is 1. The van der Waals surface area contributed by atoms with Gasteiger partial charge in [0.15, 0.2) is 9.84 Å². The predicted octanol–water partition coefficient (Wildman–Crippen LogP) is 5.75. The van der Waals surface area contributed by atoms with Crippen molar-refractivity contribution in [2.75, 3.05) is 6.54 Å². The average Bonchev–Trinajstić information content (AvgIpc) is 3.29. The quantitative estimate of drug-likeness (QED) is 0.382. The van der Waals surface area contributed by atoms with E-state index in [1.165, 1.54) is 24.3 Å². The Hall–Kier alpha value is -2.82. The van der Waals surface area contributed by atoms with Crippen molar-refractivity contribution in [3.63, 3.8) is 0 Å². The first-order valence-electron chi connectivity index (χ1n) is 11.7. The van der Waals surface area contributed by atoms with Crippen LogP contribution in [0.4, 0.5) is 13.2 Å². The molecule has 0 N–H and O–H groups in total. The van der Waals surface area contributed by atoms with E-state index < -0.39 is 32.7 Å². The molecule has 6 nitrogen and oxygen atoms in total. The van der Waals surface area contributed by atoms with Gasteiger partial charge in [-0.25, -0.2) is 13.4 Å². The van der Waals surface area contributed by atoms with E-state index in [0.717, 1.165) is 0 Å². The number of alkyl halides is 3. The van der Waals surface area contributed by atoms with Crippen LogP contribution in [-0.4, -0.2) is 43.0 Å². The van der Waals surface area contributed by atoms with Crippen molar-refractivity contribution in [3.05, 3.63) is 87.5 Å². The number of aryl methyl sites for hydroxylation is 1. The van der Waals surface area contributed by atoms with Gasteiger partial charge in [0.25, 0.3) is 0 Å². The molecule has 2 unspecified atom stereocenters. The van der Waals surface area contributed by atoms with Crippen LogP contribution >= 0.6 is 23.2 Å². The molecule has 0 bridgehead atoms. The number of carbonyl (C=O) groups excluding carboxylic acids is 1. The van der Waals surface area contributed by atoms with Gasteiger partial charge in [0.1, 0.15) is 11.4 Å². The average molecular weight is 585 g/mol. The number of amides is 1. The largest absolute Gasteiger partial charge is 0.473 e. The molecule has 2 aliphatic rings. The summed E-state index contributed by atoms with van der Waals surface area (Å²) in [6.45, 7) is -0.341. The van der Waals surface area contributed by atoms with E-state index in [9.17, 15) is 26.4 Å². The Balaban J connectivity index is 1.57.